The molecule has 0 atom stereocenters. The van der Waals surface area contributed by atoms with Crippen molar-refractivity contribution >= 4 is 17.5 Å². The van der Waals surface area contributed by atoms with Crippen molar-refractivity contribution in [2.45, 2.75) is 24.8 Å². The molecule has 0 saturated heterocycles. The highest BCUT2D eigenvalue weighted by molar-refractivity contribution is 5.99. The van der Waals surface area contributed by atoms with Crippen LogP contribution in [0.3, 0.4) is 0 Å². The fraction of sp³-hybridized carbons (Fsp3) is 0.417. The van der Waals surface area contributed by atoms with E-state index in [9.17, 15) is 18.4 Å². The first-order valence-electron chi connectivity index (χ1n) is 6.04. The van der Waals surface area contributed by atoms with Crippen molar-refractivity contribution in [1.82, 2.24) is 10.3 Å². The van der Waals surface area contributed by atoms with Gasteiger partial charge in [0.25, 0.3) is 17.7 Å². The fourth-order valence-corrected chi connectivity index (χ4v) is 2.13. The molecule has 1 aliphatic carbocycles. The van der Waals surface area contributed by atoms with Gasteiger partial charge in [-0.15, -0.1) is 0 Å². The van der Waals surface area contributed by atoms with Gasteiger partial charge in [0.15, 0.2) is 6.61 Å². The second kappa shape index (κ2) is 4.39. The third kappa shape index (κ3) is 2.40. The van der Waals surface area contributed by atoms with Crippen molar-refractivity contribution in [3.63, 3.8) is 0 Å². The first-order valence-corrected chi connectivity index (χ1v) is 6.04. The number of halogens is 2. The number of rotatable bonds is 2. The normalized spacial score (nSPS) is 20.2. The summed E-state index contributed by atoms with van der Waals surface area (Å²) in [5, 5.41) is 5.02. The van der Waals surface area contributed by atoms with Crippen LogP contribution in [-0.4, -0.2) is 35.4 Å². The van der Waals surface area contributed by atoms with Crippen molar-refractivity contribution in [2.24, 2.45) is 0 Å². The summed E-state index contributed by atoms with van der Waals surface area (Å²) in [6.07, 6.45) is 0.580. The number of pyridine rings is 1. The highest BCUT2D eigenvalue weighted by Crippen LogP contribution is 2.37. The van der Waals surface area contributed by atoms with Crippen molar-refractivity contribution in [3.05, 3.63) is 17.8 Å². The van der Waals surface area contributed by atoms with Crippen LogP contribution in [0.25, 0.3) is 0 Å². The van der Waals surface area contributed by atoms with Gasteiger partial charge in [-0.2, -0.15) is 0 Å². The number of aromatic nitrogens is 1. The quantitative estimate of drug-likeness (QED) is 0.846. The van der Waals surface area contributed by atoms with Gasteiger partial charge in [0.1, 0.15) is 5.69 Å². The summed E-state index contributed by atoms with van der Waals surface area (Å²) in [6, 6.07) is 0.880. The first kappa shape index (κ1) is 12.8. The lowest BCUT2D eigenvalue weighted by Gasteiger charge is -2.35. The van der Waals surface area contributed by atoms with E-state index < -0.39 is 17.9 Å². The molecule has 1 saturated carbocycles. The summed E-state index contributed by atoms with van der Waals surface area (Å²) in [4.78, 5) is 26.9. The highest BCUT2D eigenvalue weighted by atomic mass is 19.3. The van der Waals surface area contributed by atoms with Gasteiger partial charge >= 0.3 is 0 Å². The Morgan fingerprint density at radius 3 is 2.95 bits per heavy atom. The van der Waals surface area contributed by atoms with E-state index in [1.165, 1.54) is 12.3 Å². The van der Waals surface area contributed by atoms with Crippen LogP contribution in [0, 0.1) is 0 Å². The summed E-state index contributed by atoms with van der Waals surface area (Å²) >= 11 is 0. The molecular weight excluding hydrogens is 272 g/mol. The van der Waals surface area contributed by atoms with Crippen LogP contribution in [0.2, 0.25) is 0 Å². The Labute approximate surface area is 112 Å². The van der Waals surface area contributed by atoms with Gasteiger partial charge in [0, 0.05) is 25.1 Å². The average Bonchev–Trinajstić information content (AvgIpc) is 2.35. The van der Waals surface area contributed by atoms with Crippen LogP contribution in [-0.2, 0) is 4.79 Å². The molecule has 0 radical (unpaired) electrons. The molecule has 1 aromatic heterocycles. The van der Waals surface area contributed by atoms with E-state index in [2.05, 4.69) is 15.6 Å². The number of alkyl halides is 2. The summed E-state index contributed by atoms with van der Waals surface area (Å²) in [7, 11) is 0. The molecule has 1 aromatic rings. The van der Waals surface area contributed by atoms with Crippen molar-refractivity contribution in [3.8, 4) is 5.88 Å². The zero-order chi connectivity index (χ0) is 14.3. The summed E-state index contributed by atoms with van der Waals surface area (Å²) < 4.78 is 30.4. The van der Waals surface area contributed by atoms with E-state index in [0.717, 1.165) is 0 Å². The highest BCUT2D eigenvalue weighted by Gasteiger charge is 2.46. The maximum Gasteiger partial charge on any atom is 0.262 e. The van der Waals surface area contributed by atoms with Gasteiger partial charge in [-0.3, -0.25) is 9.59 Å². The molecule has 6 nitrogen and oxygen atoms in total. The number of nitrogens with zero attached hydrogens (tertiary/aromatic N) is 1. The minimum Gasteiger partial charge on any atom is -0.466 e. The third-order valence-electron chi connectivity index (χ3n) is 3.15. The second-order valence-electron chi connectivity index (χ2n) is 4.85. The van der Waals surface area contributed by atoms with Crippen LogP contribution in [0.5, 0.6) is 5.88 Å². The molecule has 106 valence electrons. The predicted octanol–water partition coefficient (Wildman–Crippen LogP) is 0.940. The Morgan fingerprint density at radius 2 is 2.25 bits per heavy atom. The van der Waals surface area contributed by atoms with Crippen LogP contribution in [0.1, 0.15) is 23.2 Å². The molecule has 0 aromatic carbocycles. The zero-order valence-corrected chi connectivity index (χ0v) is 10.3. The number of fused-ring (bicyclic) bond motifs is 1. The number of hydrogen-bond donors (Lipinski definition) is 2. The Bertz CT molecular complexity index is 583. The van der Waals surface area contributed by atoms with Gasteiger partial charge in [0.05, 0.1) is 5.56 Å². The molecular formula is C12H11F2N3O3. The van der Waals surface area contributed by atoms with E-state index in [0.29, 0.717) is 5.69 Å². The maximum atomic E-state index is 12.7. The minimum absolute atomic E-state index is 0.122. The fourth-order valence-electron chi connectivity index (χ4n) is 2.13. The molecule has 8 heteroatoms. The lowest BCUT2D eigenvalue weighted by molar-refractivity contribution is -0.118. The van der Waals surface area contributed by atoms with Gasteiger partial charge in [0.2, 0.25) is 5.88 Å². The molecule has 20 heavy (non-hydrogen) atoms. The number of carbonyl (C=O) groups is 2. The monoisotopic (exact) mass is 283 g/mol. The number of amides is 2. The SMILES string of the molecule is O=C1COc2ncc(C(=O)NC3CC(F)(F)C3)cc2N1. The average molecular weight is 283 g/mol. The Kier molecular flexibility index (Phi) is 2.81. The molecule has 2 heterocycles. The van der Waals surface area contributed by atoms with Crippen molar-refractivity contribution < 1.29 is 23.1 Å². The van der Waals surface area contributed by atoms with Gasteiger partial charge in [-0.1, -0.05) is 0 Å². The summed E-state index contributed by atoms with van der Waals surface area (Å²) in [5.41, 5.74) is 0.484. The standard InChI is InChI=1S/C12H11F2N3O3/c13-12(14)2-7(3-12)16-10(19)6-1-8-11(15-4-6)20-5-9(18)17-8/h1,4,7H,2-3,5H2,(H,16,19)(H,17,18). The molecule has 2 N–H and O–H groups in total. The summed E-state index contributed by atoms with van der Waals surface area (Å²) in [6.45, 7) is -0.122. The number of anilines is 1. The van der Waals surface area contributed by atoms with Crippen molar-refractivity contribution in [2.75, 3.05) is 11.9 Å². The number of carbonyl (C=O) groups excluding carboxylic acids is 2. The van der Waals surface area contributed by atoms with Gasteiger partial charge in [-0.05, 0) is 6.07 Å². The molecule has 0 bridgehead atoms. The number of ether oxygens (including phenoxy) is 1. The largest absolute Gasteiger partial charge is 0.466 e. The molecule has 1 fully saturated rings. The molecule has 1 aliphatic heterocycles. The Morgan fingerprint density at radius 1 is 1.50 bits per heavy atom. The molecule has 0 unspecified atom stereocenters. The lowest BCUT2D eigenvalue weighted by atomic mass is 9.88. The second-order valence-corrected chi connectivity index (χ2v) is 4.85. The van der Waals surface area contributed by atoms with Crippen LogP contribution < -0.4 is 15.4 Å². The topological polar surface area (TPSA) is 80.3 Å². The zero-order valence-electron chi connectivity index (χ0n) is 10.3. The lowest BCUT2D eigenvalue weighted by Crippen LogP contribution is -2.50. The Hall–Kier alpha value is -2.25. The van der Waals surface area contributed by atoms with E-state index in [-0.39, 0.29) is 36.8 Å². The minimum atomic E-state index is -2.69. The van der Waals surface area contributed by atoms with Gasteiger partial charge < -0.3 is 15.4 Å². The van der Waals surface area contributed by atoms with Crippen LogP contribution >= 0.6 is 0 Å². The van der Waals surface area contributed by atoms with Crippen LogP contribution in [0.4, 0.5) is 14.5 Å². The smallest absolute Gasteiger partial charge is 0.262 e. The van der Waals surface area contributed by atoms with E-state index in [1.807, 2.05) is 0 Å². The maximum absolute atomic E-state index is 12.7. The Balaban J connectivity index is 1.69. The van der Waals surface area contributed by atoms with Gasteiger partial charge in [-0.25, -0.2) is 13.8 Å². The van der Waals surface area contributed by atoms with Crippen molar-refractivity contribution in [1.29, 1.82) is 0 Å². The predicted molar refractivity (Wildman–Crippen MR) is 63.8 cm³/mol. The molecule has 3 rings (SSSR count). The number of nitrogens with one attached hydrogen (secondary N) is 2. The molecule has 0 spiro atoms. The van der Waals surface area contributed by atoms with E-state index in [4.69, 9.17) is 4.74 Å². The molecule has 2 amide bonds. The van der Waals surface area contributed by atoms with Crippen LogP contribution in [0.15, 0.2) is 12.3 Å². The first-order chi connectivity index (χ1) is 9.43. The van der Waals surface area contributed by atoms with E-state index in [1.54, 1.807) is 0 Å². The number of hydrogen-bond acceptors (Lipinski definition) is 4. The third-order valence-corrected chi connectivity index (χ3v) is 3.15. The molecule has 2 aliphatic rings. The summed E-state index contributed by atoms with van der Waals surface area (Å²) in [5.74, 6) is -3.29. The van der Waals surface area contributed by atoms with E-state index >= 15 is 0 Å².